The second kappa shape index (κ2) is 32.5. The van der Waals surface area contributed by atoms with E-state index in [0.717, 1.165) is 0 Å². The second-order valence-corrected chi connectivity index (χ2v) is 19.4. The molecule has 0 aromatic rings. The fourth-order valence-electron chi connectivity index (χ4n) is 4.76. The molecule has 0 amide bonds. The van der Waals surface area contributed by atoms with Crippen LogP contribution in [-0.4, -0.2) is 120 Å². The van der Waals surface area contributed by atoms with Gasteiger partial charge in [-0.05, 0) is 38.5 Å². The lowest BCUT2D eigenvalue weighted by molar-refractivity contribution is -0.175. The molecule has 0 radical (unpaired) electrons. The van der Waals surface area contributed by atoms with E-state index in [4.69, 9.17) is 33.2 Å². The minimum Gasteiger partial charge on any atom is -0.465 e. The number of rotatable bonds is 34. The Morgan fingerprint density at radius 1 is 0.322 bits per heavy atom. The van der Waals surface area contributed by atoms with Crippen LogP contribution in [0.4, 0.5) is 0 Å². The Kier molecular flexibility index (Phi) is 31.9. The normalized spacial score (nSPS) is 16.5. The Balaban J connectivity index is 7.02. The Morgan fingerprint density at radius 3 is 0.610 bits per heavy atom. The molecule has 0 rings (SSSR count). The molecule has 6 unspecified atom stereocenters. The molecule has 0 saturated heterocycles. The van der Waals surface area contributed by atoms with Crippen molar-refractivity contribution in [1.29, 1.82) is 0 Å². The summed E-state index contributed by atoms with van der Waals surface area (Å²) >= 11 is 26.5. The Hall–Kier alpha value is -1.12. The zero-order valence-corrected chi connectivity index (χ0v) is 41.0. The van der Waals surface area contributed by atoms with Crippen LogP contribution in [0.3, 0.4) is 0 Å². The first-order chi connectivity index (χ1) is 27.8. The topological polar surface area (TPSA) is 167 Å². The predicted octanol–water partition coefficient (Wildman–Crippen LogP) is 6.83. The number of hydrogen-bond acceptors (Lipinski definition) is 19. The van der Waals surface area contributed by atoms with E-state index in [9.17, 15) is 28.8 Å². The van der Waals surface area contributed by atoms with Gasteiger partial charge in [-0.15, -0.1) is 0 Å². The molecular weight excluding hydrogens is 881 g/mol. The summed E-state index contributed by atoms with van der Waals surface area (Å²) in [5, 5.41) is -1.66. The quantitative estimate of drug-likeness (QED) is 0.0226. The molecule has 0 aliphatic heterocycles. The summed E-state index contributed by atoms with van der Waals surface area (Å²) in [6, 6.07) is 0. The highest BCUT2D eigenvalue weighted by atomic mass is 32.1. The predicted molar refractivity (Wildman–Crippen MR) is 248 cm³/mol. The van der Waals surface area contributed by atoms with Gasteiger partial charge in [-0.2, -0.15) is 75.8 Å². The number of ether oxygens (including phenoxy) is 7. The Bertz CT molecular complexity index is 1030. The molecule has 0 heterocycles. The molecule has 0 aromatic carbocycles. The lowest BCUT2D eigenvalue weighted by atomic mass is 9.90. The van der Waals surface area contributed by atoms with Crippen LogP contribution in [0.15, 0.2) is 0 Å². The van der Waals surface area contributed by atoms with E-state index < -0.39 is 86.3 Å². The molecule has 13 nitrogen and oxygen atoms in total. The number of carbonyl (C=O) groups excluding carboxylic acids is 6. The van der Waals surface area contributed by atoms with Crippen molar-refractivity contribution in [3.05, 3.63) is 0 Å². The second-order valence-electron chi connectivity index (χ2n) is 15.1. The van der Waals surface area contributed by atoms with Crippen molar-refractivity contribution in [1.82, 2.24) is 0 Å². The van der Waals surface area contributed by atoms with E-state index >= 15 is 0 Å². The summed E-state index contributed by atoms with van der Waals surface area (Å²) in [5.74, 6) is -3.53. The summed E-state index contributed by atoms with van der Waals surface area (Å²) in [6.07, 6.45) is 3.50. The van der Waals surface area contributed by atoms with E-state index in [0.29, 0.717) is 38.5 Å². The van der Waals surface area contributed by atoms with E-state index in [1.807, 2.05) is 41.5 Å². The van der Waals surface area contributed by atoms with Crippen molar-refractivity contribution in [3.8, 4) is 0 Å². The van der Waals surface area contributed by atoms with Gasteiger partial charge in [-0.25, -0.2) is 0 Å². The third-order valence-corrected chi connectivity index (χ3v) is 12.6. The SMILES string of the molecule is CCC(S)CC(=O)OCC(COCC(COC(=O)CC(S)CC)(COC(=O)CC(S)CC)COC(=O)CC(S)CC)(COC(=O)CC(S)CC)COC(=O)CC(S)CC. The number of thiol groups is 6. The maximum atomic E-state index is 13.0. The van der Waals surface area contributed by atoms with E-state index in [-0.39, 0.29) is 83.2 Å². The number of carbonyl (C=O) groups is 6. The van der Waals surface area contributed by atoms with Gasteiger partial charge in [0.05, 0.1) is 62.6 Å². The van der Waals surface area contributed by atoms with Crippen molar-refractivity contribution in [2.45, 2.75) is 150 Å². The van der Waals surface area contributed by atoms with Crippen LogP contribution in [0.1, 0.15) is 119 Å². The van der Waals surface area contributed by atoms with Gasteiger partial charge in [0.1, 0.15) is 39.6 Å². The van der Waals surface area contributed by atoms with Crippen LogP contribution in [0, 0.1) is 10.8 Å². The summed E-state index contributed by atoms with van der Waals surface area (Å²) in [5.41, 5.74) is -2.93. The lowest BCUT2D eigenvalue weighted by Gasteiger charge is -2.36. The summed E-state index contributed by atoms with van der Waals surface area (Å²) in [6.45, 7) is 8.11. The van der Waals surface area contributed by atoms with Crippen LogP contribution in [0.25, 0.3) is 0 Å². The molecule has 19 heteroatoms. The van der Waals surface area contributed by atoms with Gasteiger partial charge in [0, 0.05) is 31.5 Å². The van der Waals surface area contributed by atoms with Gasteiger partial charge in [0.15, 0.2) is 0 Å². The minimum absolute atomic E-state index is 0.0154. The molecular formula is C40H70O13S6. The molecule has 59 heavy (non-hydrogen) atoms. The van der Waals surface area contributed by atoms with Crippen molar-refractivity contribution in [2.24, 2.45) is 10.8 Å². The van der Waals surface area contributed by atoms with E-state index in [1.54, 1.807) is 0 Å². The van der Waals surface area contributed by atoms with Gasteiger partial charge in [0.2, 0.25) is 0 Å². The van der Waals surface area contributed by atoms with Crippen LogP contribution in [0.5, 0.6) is 0 Å². The molecule has 0 aliphatic rings. The first kappa shape index (κ1) is 57.9. The molecule has 0 N–H and O–H groups in total. The van der Waals surface area contributed by atoms with Gasteiger partial charge in [0.25, 0.3) is 0 Å². The smallest absolute Gasteiger partial charge is 0.306 e. The molecule has 0 saturated carbocycles. The highest BCUT2D eigenvalue weighted by Crippen LogP contribution is 2.28. The van der Waals surface area contributed by atoms with Crippen molar-refractivity contribution >= 4 is 112 Å². The number of hydrogen-bond donors (Lipinski definition) is 6. The van der Waals surface area contributed by atoms with Gasteiger partial charge >= 0.3 is 35.8 Å². The summed E-state index contributed by atoms with van der Waals surface area (Å²) in [4.78, 5) is 77.8. The molecule has 0 bridgehead atoms. The molecule has 6 atom stereocenters. The minimum atomic E-state index is -1.47. The molecule has 0 spiro atoms. The van der Waals surface area contributed by atoms with Crippen molar-refractivity contribution in [2.75, 3.05) is 52.9 Å². The fraction of sp³-hybridized carbons (Fsp3) is 0.850. The number of esters is 6. The highest BCUT2D eigenvalue weighted by molar-refractivity contribution is 7.81. The molecule has 0 fully saturated rings. The molecule has 344 valence electrons. The fourth-order valence-corrected chi connectivity index (χ4v) is 5.65. The zero-order valence-electron chi connectivity index (χ0n) is 35.6. The Morgan fingerprint density at radius 2 is 0.475 bits per heavy atom. The van der Waals surface area contributed by atoms with Crippen LogP contribution >= 0.6 is 75.8 Å². The first-order valence-corrected chi connectivity index (χ1v) is 23.5. The van der Waals surface area contributed by atoms with Gasteiger partial charge in [-0.3, -0.25) is 28.8 Å². The van der Waals surface area contributed by atoms with Crippen molar-refractivity contribution < 1.29 is 61.9 Å². The average molecular weight is 951 g/mol. The third kappa shape index (κ3) is 27.5. The third-order valence-electron chi connectivity index (χ3n) is 9.29. The van der Waals surface area contributed by atoms with Gasteiger partial charge < -0.3 is 33.2 Å². The summed E-state index contributed by atoms with van der Waals surface area (Å²) in [7, 11) is 0. The largest absolute Gasteiger partial charge is 0.465 e. The maximum Gasteiger partial charge on any atom is 0.306 e. The van der Waals surface area contributed by atoms with E-state index in [1.165, 1.54) is 0 Å². The molecule has 0 aliphatic carbocycles. The van der Waals surface area contributed by atoms with Crippen LogP contribution in [0.2, 0.25) is 0 Å². The van der Waals surface area contributed by atoms with E-state index in [2.05, 4.69) is 75.8 Å². The van der Waals surface area contributed by atoms with Crippen molar-refractivity contribution in [3.63, 3.8) is 0 Å². The zero-order chi connectivity index (χ0) is 45.0. The standard InChI is InChI=1S/C40H70O13S6/c1-7-27(54)13-33(41)48-21-39(22-49-34(42)14-28(55)8-2,23-50-35(43)15-29(56)9-3)19-47-20-40(24-51-36(44)16-30(57)10-4,25-52-37(45)17-31(58)11-5)26-53-38(46)18-32(59)12-6/h27-32,54-59H,7-26H2,1-6H3. The monoisotopic (exact) mass is 950 g/mol. The lowest BCUT2D eigenvalue weighted by Crippen LogP contribution is -2.47. The van der Waals surface area contributed by atoms with Crippen LogP contribution < -0.4 is 0 Å². The maximum absolute atomic E-state index is 13.0. The Labute approximate surface area is 385 Å². The summed E-state index contributed by atoms with van der Waals surface area (Å²) < 4.78 is 40.5. The van der Waals surface area contributed by atoms with Crippen LogP contribution in [-0.2, 0) is 61.9 Å². The highest BCUT2D eigenvalue weighted by Gasteiger charge is 2.41. The first-order valence-electron chi connectivity index (χ1n) is 20.4. The van der Waals surface area contributed by atoms with Gasteiger partial charge in [-0.1, -0.05) is 41.5 Å². The molecule has 0 aromatic heterocycles. The average Bonchev–Trinajstić information content (AvgIpc) is 3.20.